The zero-order chi connectivity index (χ0) is 10.1. The van der Waals surface area contributed by atoms with Crippen LogP contribution >= 0.6 is 0 Å². The fourth-order valence-electron chi connectivity index (χ4n) is 2.29. The molecule has 0 spiro atoms. The minimum atomic E-state index is 0.612. The Morgan fingerprint density at radius 3 is 3.00 bits per heavy atom. The van der Waals surface area contributed by atoms with E-state index in [-0.39, 0.29) is 0 Å². The van der Waals surface area contributed by atoms with Crippen molar-refractivity contribution in [1.29, 1.82) is 0 Å². The standard InChI is InChI=1S/C11H14N4/c1-2-9-10(8-3-6-12-7-4-8)14-15-11(9)13-5-1/h1-2,5,8,12H,3-4,6-7H2,(H,13,14,15). The molecule has 2 aromatic heterocycles. The van der Waals surface area contributed by atoms with Gasteiger partial charge in [0.05, 0.1) is 0 Å². The highest BCUT2D eigenvalue weighted by Crippen LogP contribution is 2.28. The lowest BCUT2D eigenvalue weighted by molar-refractivity contribution is 0.454. The molecular weight excluding hydrogens is 188 g/mol. The molecule has 4 heteroatoms. The summed E-state index contributed by atoms with van der Waals surface area (Å²) in [5.41, 5.74) is 2.10. The van der Waals surface area contributed by atoms with Gasteiger partial charge in [-0.25, -0.2) is 4.98 Å². The first-order valence-corrected chi connectivity index (χ1v) is 5.45. The van der Waals surface area contributed by atoms with Crippen molar-refractivity contribution >= 4 is 11.0 Å². The molecule has 0 bridgehead atoms. The molecule has 4 nitrogen and oxygen atoms in total. The number of aromatic amines is 1. The van der Waals surface area contributed by atoms with Gasteiger partial charge in [-0.2, -0.15) is 5.10 Å². The molecule has 0 saturated carbocycles. The van der Waals surface area contributed by atoms with Crippen LogP contribution in [0.3, 0.4) is 0 Å². The Labute approximate surface area is 88.1 Å². The topological polar surface area (TPSA) is 53.6 Å². The largest absolute Gasteiger partial charge is 0.317 e. The van der Waals surface area contributed by atoms with Crippen LogP contribution < -0.4 is 5.32 Å². The summed E-state index contributed by atoms with van der Waals surface area (Å²) in [5.74, 6) is 0.612. The van der Waals surface area contributed by atoms with E-state index in [0.29, 0.717) is 5.92 Å². The molecule has 1 fully saturated rings. The van der Waals surface area contributed by atoms with Crippen LogP contribution in [0.25, 0.3) is 11.0 Å². The molecule has 1 aliphatic heterocycles. The molecule has 2 N–H and O–H groups in total. The summed E-state index contributed by atoms with van der Waals surface area (Å²) < 4.78 is 0. The van der Waals surface area contributed by atoms with E-state index in [1.54, 1.807) is 6.20 Å². The number of nitrogens with zero attached hydrogens (tertiary/aromatic N) is 2. The first-order chi connectivity index (χ1) is 7.45. The minimum absolute atomic E-state index is 0.612. The molecule has 3 heterocycles. The highest BCUT2D eigenvalue weighted by atomic mass is 15.1. The van der Waals surface area contributed by atoms with E-state index in [2.05, 4.69) is 26.6 Å². The molecule has 78 valence electrons. The lowest BCUT2D eigenvalue weighted by Gasteiger charge is -2.21. The first kappa shape index (κ1) is 8.85. The van der Waals surface area contributed by atoms with E-state index in [1.807, 2.05) is 6.07 Å². The maximum Gasteiger partial charge on any atom is 0.181 e. The summed E-state index contributed by atoms with van der Waals surface area (Å²) >= 11 is 0. The Morgan fingerprint density at radius 1 is 1.27 bits per heavy atom. The minimum Gasteiger partial charge on any atom is -0.317 e. The molecule has 0 atom stereocenters. The number of rotatable bonds is 1. The van der Waals surface area contributed by atoms with Crippen molar-refractivity contribution < 1.29 is 0 Å². The zero-order valence-corrected chi connectivity index (χ0v) is 8.53. The van der Waals surface area contributed by atoms with E-state index in [9.17, 15) is 0 Å². The van der Waals surface area contributed by atoms with E-state index < -0.39 is 0 Å². The quantitative estimate of drug-likeness (QED) is 0.735. The van der Waals surface area contributed by atoms with Crippen molar-refractivity contribution in [3.8, 4) is 0 Å². The fourth-order valence-corrected chi connectivity index (χ4v) is 2.29. The molecule has 3 rings (SSSR count). The Morgan fingerprint density at radius 2 is 2.13 bits per heavy atom. The van der Waals surface area contributed by atoms with Gasteiger partial charge in [-0.05, 0) is 38.1 Å². The molecule has 1 aliphatic rings. The van der Waals surface area contributed by atoms with Gasteiger partial charge in [-0.3, -0.25) is 5.10 Å². The van der Waals surface area contributed by atoms with Crippen LogP contribution in [0.2, 0.25) is 0 Å². The highest BCUT2D eigenvalue weighted by molar-refractivity contribution is 5.77. The summed E-state index contributed by atoms with van der Waals surface area (Å²) in [4.78, 5) is 4.24. The van der Waals surface area contributed by atoms with Crippen LogP contribution in [-0.2, 0) is 0 Å². The summed E-state index contributed by atoms with van der Waals surface area (Å²) in [6.07, 6.45) is 4.16. The zero-order valence-electron chi connectivity index (χ0n) is 8.53. The van der Waals surface area contributed by atoms with Crippen molar-refractivity contribution in [3.63, 3.8) is 0 Å². The van der Waals surface area contributed by atoms with E-state index in [0.717, 1.165) is 18.7 Å². The van der Waals surface area contributed by atoms with Crippen LogP contribution in [0, 0.1) is 0 Å². The van der Waals surface area contributed by atoms with Crippen LogP contribution in [-0.4, -0.2) is 28.3 Å². The molecule has 0 aromatic carbocycles. The molecule has 1 saturated heterocycles. The SMILES string of the molecule is c1cnc2n[nH]c(C3CCNCC3)c2c1. The predicted octanol–water partition coefficient (Wildman–Crippen LogP) is 1.42. The van der Waals surface area contributed by atoms with Gasteiger partial charge in [0.15, 0.2) is 5.65 Å². The van der Waals surface area contributed by atoms with Crippen LogP contribution in [0.15, 0.2) is 18.3 Å². The van der Waals surface area contributed by atoms with Gasteiger partial charge in [-0.1, -0.05) is 0 Å². The maximum atomic E-state index is 4.24. The van der Waals surface area contributed by atoms with Gasteiger partial charge >= 0.3 is 0 Å². The van der Waals surface area contributed by atoms with Crippen molar-refractivity contribution in [3.05, 3.63) is 24.0 Å². The van der Waals surface area contributed by atoms with Crippen molar-refractivity contribution in [2.75, 3.05) is 13.1 Å². The molecule has 0 radical (unpaired) electrons. The van der Waals surface area contributed by atoms with Gasteiger partial charge < -0.3 is 5.32 Å². The Bertz CT molecular complexity index is 456. The van der Waals surface area contributed by atoms with Crippen molar-refractivity contribution in [2.45, 2.75) is 18.8 Å². The van der Waals surface area contributed by atoms with Gasteiger partial charge in [0.2, 0.25) is 0 Å². The number of pyridine rings is 1. The number of piperidine rings is 1. The second-order valence-corrected chi connectivity index (χ2v) is 4.04. The van der Waals surface area contributed by atoms with Crippen LogP contribution in [0.4, 0.5) is 0 Å². The summed E-state index contributed by atoms with van der Waals surface area (Å²) in [7, 11) is 0. The second kappa shape index (κ2) is 3.62. The maximum absolute atomic E-state index is 4.24. The number of hydrogen-bond acceptors (Lipinski definition) is 3. The Hall–Kier alpha value is -1.42. The molecule has 15 heavy (non-hydrogen) atoms. The van der Waals surface area contributed by atoms with Crippen LogP contribution in [0.5, 0.6) is 0 Å². The normalized spacial score (nSPS) is 18.4. The fraction of sp³-hybridized carbons (Fsp3) is 0.455. The number of fused-ring (bicyclic) bond motifs is 1. The Balaban J connectivity index is 2.02. The lowest BCUT2D eigenvalue weighted by Crippen LogP contribution is -2.26. The summed E-state index contributed by atoms with van der Waals surface area (Å²) in [5, 5.41) is 11.9. The van der Waals surface area contributed by atoms with Gasteiger partial charge in [0.25, 0.3) is 0 Å². The van der Waals surface area contributed by atoms with Gasteiger partial charge in [0.1, 0.15) is 0 Å². The third kappa shape index (κ3) is 1.51. The second-order valence-electron chi connectivity index (χ2n) is 4.04. The number of H-pyrrole nitrogens is 1. The van der Waals surface area contributed by atoms with E-state index in [1.165, 1.54) is 23.9 Å². The van der Waals surface area contributed by atoms with Crippen LogP contribution in [0.1, 0.15) is 24.5 Å². The first-order valence-electron chi connectivity index (χ1n) is 5.45. The summed E-state index contributed by atoms with van der Waals surface area (Å²) in [6.45, 7) is 2.21. The molecule has 2 aromatic rings. The highest BCUT2D eigenvalue weighted by Gasteiger charge is 2.19. The molecule has 0 amide bonds. The third-order valence-corrected chi connectivity index (χ3v) is 3.11. The molecule has 0 aliphatic carbocycles. The average Bonchev–Trinajstić information content (AvgIpc) is 2.74. The van der Waals surface area contributed by atoms with Gasteiger partial charge in [0, 0.05) is 23.2 Å². The van der Waals surface area contributed by atoms with Gasteiger partial charge in [-0.15, -0.1) is 0 Å². The lowest BCUT2D eigenvalue weighted by atomic mass is 9.93. The monoisotopic (exact) mass is 202 g/mol. The Kier molecular flexibility index (Phi) is 2.14. The molecular formula is C11H14N4. The van der Waals surface area contributed by atoms with Crippen molar-refractivity contribution in [1.82, 2.24) is 20.5 Å². The average molecular weight is 202 g/mol. The molecule has 0 unspecified atom stereocenters. The number of hydrogen-bond donors (Lipinski definition) is 2. The van der Waals surface area contributed by atoms with Crippen molar-refractivity contribution in [2.24, 2.45) is 0 Å². The summed E-state index contributed by atoms with van der Waals surface area (Å²) in [6, 6.07) is 4.08. The smallest absolute Gasteiger partial charge is 0.181 e. The number of nitrogens with one attached hydrogen (secondary N) is 2. The predicted molar refractivity (Wildman–Crippen MR) is 58.7 cm³/mol. The van der Waals surface area contributed by atoms with E-state index >= 15 is 0 Å². The third-order valence-electron chi connectivity index (χ3n) is 3.11. The van der Waals surface area contributed by atoms with E-state index in [4.69, 9.17) is 0 Å². The number of aromatic nitrogens is 3.